The SMILES string of the molecule is NNC(c1cc(Br)ccc1Cl)c1cccc2cnccc12. The summed E-state index contributed by atoms with van der Waals surface area (Å²) < 4.78 is 0.962. The van der Waals surface area contributed by atoms with Gasteiger partial charge in [-0.1, -0.05) is 45.7 Å². The van der Waals surface area contributed by atoms with Crippen LogP contribution < -0.4 is 11.3 Å². The molecule has 5 heteroatoms. The number of nitrogens with two attached hydrogens (primary N) is 1. The number of halogens is 2. The molecule has 0 fully saturated rings. The molecule has 0 amide bonds. The minimum Gasteiger partial charge on any atom is -0.271 e. The first-order valence-electron chi connectivity index (χ1n) is 6.44. The molecule has 0 spiro atoms. The first-order chi connectivity index (χ1) is 10.2. The van der Waals surface area contributed by atoms with Gasteiger partial charge in [0, 0.05) is 27.3 Å². The number of nitrogens with zero attached hydrogens (tertiary/aromatic N) is 1. The molecule has 1 unspecified atom stereocenters. The molecule has 0 saturated heterocycles. The third kappa shape index (κ3) is 2.80. The van der Waals surface area contributed by atoms with E-state index in [2.05, 4.69) is 26.3 Å². The summed E-state index contributed by atoms with van der Waals surface area (Å²) in [6.07, 6.45) is 3.62. The number of hydrogen-bond acceptors (Lipinski definition) is 3. The Kier molecular flexibility index (Phi) is 4.22. The summed E-state index contributed by atoms with van der Waals surface area (Å²) in [6, 6.07) is 13.6. The van der Waals surface area contributed by atoms with E-state index in [-0.39, 0.29) is 6.04 Å². The second-order valence-corrected chi connectivity index (χ2v) is 6.03. The third-order valence-corrected chi connectivity index (χ3v) is 4.30. The van der Waals surface area contributed by atoms with E-state index in [9.17, 15) is 0 Å². The van der Waals surface area contributed by atoms with Crippen molar-refractivity contribution in [2.24, 2.45) is 5.84 Å². The van der Waals surface area contributed by atoms with Crippen molar-refractivity contribution in [3.05, 3.63) is 75.5 Å². The fourth-order valence-corrected chi connectivity index (χ4v) is 3.09. The molecule has 0 aliphatic rings. The van der Waals surface area contributed by atoms with Crippen molar-refractivity contribution < 1.29 is 0 Å². The fraction of sp³-hybridized carbons (Fsp3) is 0.0625. The zero-order valence-corrected chi connectivity index (χ0v) is 13.4. The van der Waals surface area contributed by atoms with Gasteiger partial charge in [0.05, 0.1) is 6.04 Å². The second-order valence-electron chi connectivity index (χ2n) is 4.71. The highest BCUT2D eigenvalue weighted by atomic mass is 79.9. The van der Waals surface area contributed by atoms with E-state index in [1.807, 2.05) is 48.7 Å². The largest absolute Gasteiger partial charge is 0.271 e. The quantitative estimate of drug-likeness (QED) is 0.542. The molecule has 0 aliphatic heterocycles. The maximum Gasteiger partial charge on any atom is 0.0730 e. The standard InChI is InChI=1S/C16H13BrClN3/c17-11-4-5-15(18)14(8-11)16(21-19)13-3-1-2-10-9-20-7-6-12(10)13/h1-9,16,21H,19H2. The van der Waals surface area contributed by atoms with Crippen molar-refractivity contribution >= 4 is 38.3 Å². The summed E-state index contributed by atoms with van der Waals surface area (Å²) in [7, 11) is 0. The number of nitrogens with one attached hydrogen (secondary N) is 1. The maximum absolute atomic E-state index is 6.34. The van der Waals surface area contributed by atoms with Crippen LogP contribution in [0.25, 0.3) is 10.8 Å². The lowest BCUT2D eigenvalue weighted by Crippen LogP contribution is -2.29. The highest BCUT2D eigenvalue weighted by Gasteiger charge is 2.18. The lowest BCUT2D eigenvalue weighted by atomic mass is 9.95. The minimum atomic E-state index is -0.193. The Morgan fingerprint density at radius 1 is 1.14 bits per heavy atom. The summed E-state index contributed by atoms with van der Waals surface area (Å²) in [5.74, 6) is 5.81. The highest BCUT2D eigenvalue weighted by Crippen LogP contribution is 2.33. The van der Waals surface area contributed by atoms with Crippen LogP contribution in [0, 0.1) is 0 Å². The number of rotatable bonds is 3. The summed E-state index contributed by atoms with van der Waals surface area (Å²) >= 11 is 9.82. The molecule has 1 heterocycles. The van der Waals surface area contributed by atoms with Gasteiger partial charge in [0.25, 0.3) is 0 Å². The molecule has 3 nitrogen and oxygen atoms in total. The molecule has 3 N–H and O–H groups in total. The average Bonchev–Trinajstić information content (AvgIpc) is 2.51. The first-order valence-corrected chi connectivity index (χ1v) is 7.61. The van der Waals surface area contributed by atoms with E-state index < -0.39 is 0 Å². The average molecular weight is 363 g/mol. The zero-order chi connectivity index (χ0) is 14.8. The molecule has 1 atom stereocenters. The van der Waals surface area contributed by atoms with Crippen LogP contribution in [0.3, 0.4) is 0 Å². The van der Waals surface area contributed by atoms with Gasteiger partial charge in [0.1, 0.15) is 0 Å². The molecular formula is C16H13BrClN3. The summed E-state index contributed by atoms with van der Waals surface area (Å²) in [5.41, 5.74) is 4.86. The van der Waals surface area contributed by atoms with Crippen LogP contribution in [-0.4, -0.2) is 4.98 Å². The Morgan fingerprint density at radius 3 is 2.81 bits per heavy atom. The predicted molar refractivity (Wildman–Crippen MR) is 90.1 cm³/mol. The Morgan fingerprint density at radius 2 is 2.00 bits per heavy atom. The first kappa shape index (κ1) is 14.5. The lowest BCUT2D eigenvalue weighted by molar-refractivity contribution is 0.641. The Labute approximate surface area is 136 Å². The van der Waals surface area contributed by atoms with Gasteiger partial charge in [-0.05, 0) is 40.8 Å². The van der Waals surface area contributed by atoms with Crippen LogP contribution in [0.2, 0.25) is 5.02 Å². The summed E-state index contributed by atoms with van der Waals surface area (Å²) in [5, 5.41) is 2.85. The highest BCUT2D eigenvalue weighted by molar-refractivity contribution is 9.10. The van der Waals surface area contributed by atoms with E-state index in [1.165, 1.54) is 0 Å². The molecule has 0 radical (unpaired) electrons. The van der Waals surface area contributed by atoms with Gasteiger partial charge in [-0.2, -0.15) is 0 Å². The number of benzene rings is 2. The number of pyridine rings is 1. The molecule has 3 rings (SSSR count). The maximum atomic E-state index is 6.34. The van der Waals surface area contributed by atoms with Crippen LogP contribution in [-0.2, 0) is 0 Å². The van der Waals surface area contributed by atoms with Gasteiger partial charge >= 0.3 is 0 Å². The van der Waals surface area contributed by atoms with Crippen molar-refractivity contribution in [3.63, 3.8) is 0 Å². The molecule has 3 aromatic rings. The Hall–Kier alpha value is -1.46. The smallest absolute Gasteiger partial charge is 0.0730 e. The van der Waals surface area contributed by atoms with Crippen molar-refractivity contribution in [2.75, 3.05) is 0 Å². The van der Waals surface area contributed by atoms with Crippen LogP contribution in [0.1, 0.15) is 17.2 Å². The van der Waals surface area contributed by atoms with Crippen molar-refractivity contribution in [1.82, 2.24) is 10.4 Å². The normalized spacial score (nSPS) is 12.5. The number of hydrazine groups is 1. The minimum absolute atomic E-state index is 0.193. The van der Waals surface area contributed by atoms with Crippen molar-refractivity contribution in [3.8, 4) is 0 Å². The zero-order valence-electron chi connectivity index (χ0n) is 11.1. The Balaban J connectivity index is 2.21. The van der Waals surface area contributed by atoms with E-state index in [0.717, 1.165) is 26.4 Å². The molecule has 106 valence electrons. The molecule has 2 aromatic carbocycles. The van der Waals surface area contributed by atoms with Crippen molar-refractivity contribution in [2.45, 2.75) is 6.04 Å². The number of fused-ring (bicyclic) bond motifs is 1. The van der Waals surface area contributed by atoms with Crippen LogP contribution >= 0.6 is 27.5 Å². The van der Waals surface area contributed by atoms with Crippen molar-refractivity contribution in [1.29, 1.82) is 0 Å². The molecule has 0 bridgehead atoms. The second kappa shape index (κ2) is 6.12. The van der Waals surface area contributed by atoms with Crippen LogP contribution in [0.5, 0.6) is 0 Å². The topological polar surface area (TPSA) is 50.9 Å². The lowest BCUT2D eigenvalue weighted by Gasteiger charge is -2.20. The van der Waals surface area contributed by atoms with Gasteiger partial charge in [0.2, 0.25) is 0 Å². The summed E-state index contributed by atoms with van der Waals surface area (Å²) in [4.78, 5) is 4.16. The fourth-order valence-electron chi connectivity index (χ4n) is 2.48. The molecule has 1 aromatic heterocycles. The monoisotopic (exact) mass is 361 g/mol. The molecule has 0 aliphatic carbocycles. The van der Waals surface area contributed by atoms with Gasteiger partial charge in [-0.3, -0.25) is 10.8 Å². The van der Waals surface area contributed by atoms with Gasteiger partial charge in [-0.25, -0.2) is 5.43 Å². The van der Waals surface area contributed by atoms with Crippen LogP contribution in [0.4, 0.5) is 0 Å². The predicted octanol–water partition coefficient (Wildman–Crippen LogP) is 4.20. The molecular weight excluding hydrogens is 350 g/mol. The van der Waals surface area contributed by atoms with E-state index in [0.29, 0.717) is 5.02 Å². The van der Waals surface area contributed by atoms with Crippen LogP contribution in [0.15, 0.2) is 59.3 Å². The van der Waals surface area contributed by atoms with Gasteiger partial charge in [-0.15, -0.1) is 0 Å². The third-order valence-electron chi connectivity index (χ3n) is 3.46. The van der Waals surface area contributed by atoms with E-state index in [1.54, 1.807) is 6.20 Å². The summed E-state index contributed by atoms with van der Waals surface area (Å²) in [6.45, 7) is 0. The molecule has 21 heavy (non-hydrogen) atoms. The van der Waals surface area contributed by atoms with E-state index in [4.69, 9.17) is 17.4 Å². The van der Waals surface area contributed by atoms with Gasteiger partial charge < -0.3 is 0 Å². The number of aromatic nitrogens is 1. The molecule has 0 saturated carbocycles. The van der Waals surface area contributed by atoms with Gasteiger partial charge in [0.15, 0.2) is 0 Å². The van der Waals surface area contributed by atoms with E-state index >= 15 is 0 Å². The Bertz CT molecular complexity index is 786. The number of hydrogen-bond donors (Lipinski definition) is 2.